The third-order valence-corrected chi connectivity index (χ3v) is 2.58. The van der Waals surface area contributed by atoms with Gasteiger partial charge in [0.05, 0.1) is 12.7 Å². The number of rotatable bonds is 8. The molecule has 0 saturated heterocycles. The van der Waals surface area contributed by atoms with Crippen molar-refractivity contribution in [3.63, 3.8) is 0 Å². The quantitative estimate of drug-likeness (QED) is 0.732. The van der Waals surface area contributed by atoms with Crippen molar-refractivity contribution in [1.82, 2.24) is 4.98 Å². The van der Waals surface area contributed by atoms with Gasteiger partial charge in [-0.1, -0.05) is 6.92 Å². The normalized spacial score (nSPS) is 12.2. The summed E-state index contributed by atoms with van der Waals surface area (Å²) < 4.78 is 4.92. The summed E-state index contributed by atoms with van der Waals surface area (Å²) in [6.07, 6.45) is 2.35. The van der Waals surface area contributed by atoms with E-state index in [4.69, 9.17) is 4.74 Å². The number of aliphatic hydroxyl groups is 1. The van der Waals surface area contributed by atoms with Gasteiger partial charge in [0.25, 0.3) is 0 Å². The number of hydrogen-bond donors (Lipinski definition) is 2. The average molecular weight is 253 g/mol. The zero-order chi connectivity index (χ0) is 13.4. The third kappa shape index (κ3) is 4.89. The number of aromatic nitrogens is 1. The largest absolute Gasteiger partial charge is 0.389 e. The van der Waals surface area contributed by atoms with Crippen LogP contribution in [0.3, 0.4) is 0 Å². The highest BCUT2D eigenvalue weighted by Gasteiger charge is 2.09. The molecule has 1 unspecified atom stereocenters. The van der Waals surface area contributed by atoms with Crippen molar-refractivity contribution >= 4 is 11.5 Å². The van der Waals surface area contributed by atoms with Crippen LogP contribution in [0.4, 0.5) is 11.5 Å². The lowest BCUT2D eigenvalue weighted by Gasteiger charge is -2.22. The minimum Gasteiger partial charge on any atom is -0.389 e. The fraction of sp³-hybridized carbons (Fsp3) is 0.615. The van der Waals surface area contributed by atoms with Gasteiger partial charge in [0.1, 0.15) is 5.82 Å². The van der Waals surface area contributed by atoms with E-state index in [0.717, 1.165) is 24.5 Å². The summed E-state index contributed by atoms with van der Waals surface area (Å²) in [6.45, 7) is 3.90. The van der Waals surface area contributed by atoms with E-state index in [-0.39, 0.29) is 0 Å². The number of anilines is 2. The maximum Gasteiger partial charge on any atom is 0.127 e. The van der Waals surface area contributed by atoms with Gasteiger partial charge >= 0.3 is 0 Å². The highest BCUT2D eigenvalue weighted by molar-refractivity contribution is 5.53. The molecule has 18 heavy (non-hydrogen) atoms. The molecule has 0 amide bonds. The Kier molecular flexibility index (Phi) is 6.46. The molecule has 1 aromatic heterocycles. The lowest BCUT2D eigenvalue weighted by molar-refractivity contribution is 0.0695. The predicted molar refractivity (Wildman–Crippen MR) is 74.2 cm³/mol. The van der Waals surface area contributed by atoms with Crippen molar-refractivity contribution in [2.24, 2.45) is 0 Å². The number of methoxy groups -OCH3 is 1. The Balaban J connectivity index is 2.58. The fourth-order valence-corrected chi connectivity index (χ4v) is 1.67. The monoisotopic (exact) mass is 253 g/mol. The van der Waals surface area contributed by atoms with Crippen molar-refractivity contribution in [2.45, 2.75) is 19.4 Å². The molecule has 102 valence electrons. The molecular weight excluding hydrogens is 230 g/mol. The van der Waals surface area contributed by atoms with Gasteiger partial charge in [-0.15, -0.1) is 0 Å². The molecule has 0 aliphatic heterocycles. The number of pyridine rings is 1. The molecule has 0 aromatic carbocycles. The van der Waals surface area contributed by atoms with E-state index >= 15 is 0 Å². The van der Waals surface area contributed by atoms with Gasteiger partial charge in [-0.2, -0.15) is 0 Å². The van der Waals surface area contributed by atoms with Gasteiger partial charge in [0.15, 0.2) is 0 Å². The minimum absolute atomic E-state index is 0.344. The van der Waals surface area contributed by atoms with Crippen molar-refractivity contribution < 1.29 is 9.84 Å². The van der Waals surface area contributed by atoms with Gasteiger partial charge < -0.3 is 20.1 Å². The van der Waals surface area contributed by atoms with Crippen LogP contribution >= 0.6 is 0 Å². The Hall–Kier alpha value is -1.33. The van der Waals surface area contributed by atoms with Crippen LogP contribution in [0.2, 0.25) is 0 Å². The molecule has 0 aliphatic carbocycles. The Morgan fingerprint density at radius 2 is 2.33 bits per heavy atom. The zero-order valence-electron chi connectivity index (χ0n) is 11.4. The second-order valence-corrected chi connectivity index (χ2v) is 4.32. The standard InChI is InChI=1S/C13H23N3O2/c1-4-6-14-13-8-11(5-7-15-13)16(2)9-12(17)10-18-3/h5,7-8,12,17H,4,6,9-10H2,1-3H3,(H,14,15). The van der Waals surface area contributed by atoms with Crippen molar-refractivity contribution in [2.75, 3.05) is 44.1 Å². The number of hydrogen-bond acceptors (Lipinski definition) is 5. The van der Waals surface area contributed by atoms with E-state index in [1.807, 2.05) is 24.1 Å². The molecule has 0 aliphatic rings. The van der Waals surface area contributed by atoms with E-state index in [2.05, 4.69) is 17.2 Å². The van der Waals surface area contributed by atoms with Gasteiger partial charge in [0, 0.05) is 45.2 Å². The van der Waals surface area contributed by atoms with Crippen LogP contribution in [0.15, 0.2) is 18.3 Å². The summed E-state index contributed by atoms with van der Waals surface area (Å²) in [5.41, 5.74) is 1.03. The molecular formula is C13H23N3O2. The van der Waals surface area contributed by atoms with Crippen molar-refractivity contribution in [3.8, 4) is 0 Å². The lowest BCUT2D eigenvalue weighted by Crippen LogP contribution is -2.31. The van der Waals surface area contributed by atoms with Gasteiger partial charge in [0.2, 0.25) is 0 Å². The Morgan fingerprint density at radius 1 is 1.56 bits per heavy atom. The van der Waals surface area contributed by atoms with Gasteiger partial charge in [-0.25, -0.2) is 4.98 Å². The number of nitrogens with zero attached hydrogens (tertiary/aromatic N) is 2. The molecule has 5 heteroatoms. The van der Waals surface area contributed by atoms with E-state index in [1.165, 1.54) is 0 Å². The molecule has 5 nitrogen and oxygen atoms in total. The Morgan fingerprint density at radius 3 is 3.00 bits per heavy atom. The average Bonchev–Trinajstić information content (AvgIpc) is 2.37. The Bertz CT molecular complexity index is 347. The first kappa shape index (κ1) is 14.7. The fourth-order valence-electron chi connectivity index (χ4n) is 1.67. The first-order chi connectivity index (χ1) is 8.67. The lowest BCUT2D eigenvalue weighted by atomic mass is 10.3. The molecule has 0 radical (unpaired) electrons. The topological polar surface area (TPSA) is 57.6 Å². The van der Waals surface area contributed by atoms with Crippen LogP contribution in [0.5, 0.6) is 0 Å². The van der Waals surface area contributed by atoms with Crippen LogP contribution < -0.4 is 10.2 Å². The second-order valence-electron chi connectivity index (χ2n) is 4.32. The van der Waals surface area contributed by atoms with Crippen molar-refractivity contribution in [1.29, 1.82) is 0 Å². The second kappa shape index (κ2) is 7.89. The van der Waals surface area contributed by atoms with Gasteiger partial charge in [-0.05, 0) is 12.5 Å². The number of likely N-dealkylation sites (N-methyl/N-ethyl adjacent to an activating group) is 1. The molecule has 2 N–H and O–H groups in total. The molecule has 1 atom stereocenters. The van der Waals surface area contributed by atoms with Crippen LogP contribution in [0.25, 0.3) is 0 Å². The van der Waals surface area contributed by atoms with E-state index in [9.17, 15) is 5.11 Å². The summed E-state index contributed by atoms with van der Waals surface area (Å²) in [5.74, 6) is 0.863. The van der Waals surface area contributed by atoms with Crippen LogP contribution in [0.1, 0.15) is 13.3 Å². The van der Waals surface area contributed by atoms with Crippen LogP contribution in [-0.4, -0.2) is 50.0 Å². The maximum atomic E-state index is 9.69. The third-order valence-electron chi connectivity index (χ3n) is 2.58. The predicted octanol–water partition coefficient (Wildman–Crippen LogP) is 1.35. The van der Waals surface area contributed by atoms with Crippen LogP contribution in [-0.2, 0) is 4.74 Å². The zero-order valence-corrected chi connectivity index (χ0v) is 11.4. The highest BCUT2D eigenvalue weighted by Crippen LogP contribution is 2.16. The minimum atomic E-state index is -0.486. The molecule has 1 aromatic rings. The number of ether oxygens (including phenoxy) is 1. The number of nitrogens with one attached hydrogen (secondary N) is 1. The molecule has 0 spiro atoms. The summed E-state index contributed by atoms with van der Waals surface area (Å²) in [6, 6.07) is 3.91. The SMILES string of the molecule is CCCNc1cc(N(C)CC(O)COC)ccn1. The number of aliphatic hydroxyl groups excluding tert-OH is 1. The first-order valence-electron chi connectivity index (χ1n) is 6.25. The van der Waals surface area contributed by atoms with E-state index in [1.54, 1.807) is 13.3 Å². The molecule has 0 fully saturated rings. The molecule has 0 saturated carbocycles. The van der Waals surface area contributed by atoms with Crippen LogP contribution in [0, 0.1) is 0 Å². The Labute approximate surface area is 109 Å². The van der Waals surface area contributed by atoms with E-state index in [0.29, 0.717) is 13.2 Å². The van der Waals surface area contributed by atoms with Gasteiger partial charge in [-0.3, -0.25) is 0 Å². The highest BCUT2D eigenvalue weighted by atomic mass is 16.5. The van der Waals surface area contributed by atoms with E-state index < -0.39 is 6.10 Å². The summed E-state index contributed by atoms with van der Waals surface area (Å²) >= 11 is 0. The molecule has 1 heterocycles. The van der Waals surface area contributed by atoms with Crippen molar-refractivity contribution in [3.05, 3.63) is 18.3 Å². The summed E-state index contributed by atoms with van der Waals surface area (Å²) in [4.78, 5) is 6.24. The first-order valence-corrected chi connectivity index (χ1v) is 6.25. The maximum absolute atomic E-state index is 9.69. The summed E-state index contributed by atoms with van der Waals surface area (Å²) in [5, 5.41) is 12.9. The summed E-state index contributed by atoms with van der Waals surface area (Å²) in [7, 11) is 3.53. The smallest absolute Gasteiger partial charge is 0.127 e. The molecule has 0 bridgehead atoms. The molecule has 1 rings (SSSR count).